The zero-order valence-electron chi connectivity index (χ0n) is 14.7. The number of rotatable bonds is 4. The molecule has 0 amide bonds. The number of carbonyl (C=O) groups excluding carboxylic acids is 1. The minimum absolute atomic E-state index is 0.0211. The summed E-state index contributed by atoms with van der Waals surface area (Å²) in [5.41, 5.74) is 3.10. The molecule has 0 fully saturated rings. The van der Waals surface area contributed by atoms with Crippen molar-refractivity contribution in [1.82, 2.24) is 4.98 Å². The molecular formula is C20H18F2N2O2. The van der Waals surface area contributed by atoms with Crippen LogP contribution < -0.4 is 5.32 Å². The summed E-state index contributed by atoms with van der Waals surface area (Å²) >= 11 is 0. The molecule has 0 aliphatic carbocycles. The molecule has 0 radical (unpaired) electrons. The summed E-state index contributed by atoms with van der Waals surface area (Å²) in [7, 11) is 0. The highest BCUT2D eigenvalue weighted by atomic mass is 19.1. The Morgan fingerprint density at radius 2 is 2.00 bits per heavy atom. The standard InChI is InChI=1S/C20H18F2N2O2/c1-4-26-20(25)15-10-23-19-14(8-13(21)9-16(19)22)18(15)24-17-7-5-6-11(2)12(17)3/h5-10H,4H2,1-3H3,(H,23,24). The van der Waals surface area contributed by atoms with E-state index >= 15 is 0 Å². The number of benzene rings is 2. The topological polar surface area (TPSA) is 51.2 Å². The molecule has 2 aromatic carbocycles. The summed E-state index contributed by atoms with van der Waals surface area (Å²) in [6, 6.07) is 7.57. The molecule has 0 aliphatic rings. The maximum absolute atomic E-state index is 14.1. The quantitative estimate of drug-likeness (QED) is 0.665. The van der Waals surface area contributed by atoms with Crippen molar-refractivity contribution in [3.05, 3.63) is 64.9 Å². The zero-order valence-corrected chi connectivity index (χ0v) is 14.7. The molecule has 0 atom stereocenters. The Bertz CT molecular complexity index is 1000. The largest absolute Gasteiger partial charge is 0.462 e. The van der Waals surface area contributed by atoms with Gasteiger partial charge in [-0.25, -0.2) is 13.6 Å². The van der Waals surface area contributed by atoms with Gasteiger partial charge in [0, 0.05) is 23.3 Å². The first-order chi connectivity index (χ1) is 12.4. The number of carbonyl (C=O) groups is 1. The van der Waals surface area contributed by atoms with Crippen LogP contribution in [0.4, 0.5) is 20.2 Å². The molecule has 3 aromatic rings. The van der Waals surface area contributed by atoms with Gasteiger partial charge in [0.2, 0.25) is 0 Å². The molecule has 0 aliphatic heterocycles. The maximum atomic E-state index is 14.1. The summed E-state index contributed by atoms with van der Waals surface area (Å²) in [5, 5.41) is 3.32. The molecule has 3 rings (SSSR count). The third kappa shape index (κ3) is 3.22. The Balaban J connectivity index is 2.26. The van der Waals surface area contributed by atoms with Crippen LogP contribution in [0.15, 0.2) is 36.5 Å². The normalized spacial score (nSPS) is 10.8. The number of hydrogen-bond acceptors (Lipinski definition) is 4. The fourth-order valence-electron chi connectivity index (χ4n) is 2.75. The van der Waals surface area contributed by atoms with Crippen molar-refractivity contribution < 1.29 is 18.3 Å². The van der Waals surface area contributed by atoms with Crippen LogP contribution in [-0.4, -0.2) is 17.6 Å². The average Bonchev–Trinajstić information content (AvgIpc) is 2.59. The number of pyridine rings is 1. The Morgan fingerprint density at radius 1 is 1.23 bits per heavy atom. The van der Waals surface area contributed by atoms with E-state index in [-0.39, 0.29) is 28.8 Å². The number of aromatic nitrogens is 1. The minimum atomic E-state index is -0.792. The second-order valence-corrected chi connectivity index (χ2v) is 5.92. The highest BCUT2D eigenvalue weighted by Crippen LogP contribution is 2.33. The van der Waals surface area contributed by atoms with Gasteiger partial charge in [0.25, 0.3) is 0 Å². The number of nitrogens with zero attached hydrogens (tertiary/aromatic N) is 1. The summed E-state index contributed by atoms with van der Waals surface area (Å²) in [4.78, 5) is 16.3. The third-order valence-corrected chi connectivity index (χ3v) is 4.25. The van der Waals surface area contributed by atoms with Crippen molar-refractivity contribution in [2.24, 2.45) is 0 Å². The lowest BCUT2D eigenvalue weighted by Gasteiger charge is -2.16. The fourth-order valence-corrected chi connectivity index (χ4v) is 2.75. The van der Waals surface area contributed by atoms with Crippen molar-refractivity contribution in [3.63, 3.8) is 0 Å². The molecule has 26 heavy (non-hydrogen) atoms. The molecule has 6 heteroatoms. The van der Waals surface area contributed by atoms with Crippen LogP contribution >= 0.6 is 0 Å². The van der Waals surface area contributed by atoms with Crippen molar-refractivity contribution in [1.29, 1.82) is 0 Å². The van der Waals surface area contributed by atoms with Crippen LogP contribution in [0, 0.1) is 25.5 Å². The molecule has 0 saturated carbocycles. The first-order valence-corrected chi connectivity index (χ1v) is 8.20. The number of esters is 1. The van der Waals surface area contributed by atoms with Gasteiger partial charge in [-0.05, 0) is 44.0 Å². The Morgan fingerprint density at radius 3 is 2.73 bits per heavy atom. The summed E-state index contributed by atoms with van der Waals surface area (Å²) in [6.07, 6.45) is 1.24. The fraction of sp³-hybridized carbons (Fsp3) is 0.200. The van der Waals surface area contributed by atoms with E-state index in [1.807, 2.05) is 32.0 Å². The molecule has 134 valence electrons. The van der Waals surface area contributed by atoms with Gasteiger partial charge in [0.1, 0.15) is 16.9 Å². The molecule has 0 spiro atoms. The predicted molar refractivity (Wildman–Crippen MR) is 96.8 cm³/mol. The van der Waals surface area contributed by atoms with Gasteiger partial charge in [0.15, 0.2) is 5.82 Å². The van der Waals surface area contributed by atoms with E-state index in [0.717, 1.165) is 28.9 Å². The van der Waals surface area contributed by atoms with Gasteiger partial charge in [-0.2, -0.15) is 0 Å². The second kappa shape index (κ2) is 7.07. The molecule has 4 nitrogen and oxygen atoms in total. The van der Waals surface area contributed by atoms with Crippen molar-refractivity contribution in [3.8, 4) is 0 Å². The maximum Gasteiger partial charge on any atom is 0.341 e. The lowest BCUT2D eigenvalue weighted by atomic mass is 10.1. The molecule has 0 saturated heterocycles. The van der Waals surface area contributed by atoms with E-state index in [9.17, 15) is 13.6 Å². The molecule has 1 aromatic heterocycles. The van der Waals surface area contributed by atoms with Gasteiger partial charge in [-0.15, -0.1) is 0 Å². The highest BCUT2D eigenvalue weighted by molar-refractivity contribution is 6.06. The van der Waals surface area contributed by atoms with E-state index < -0.39 is 17.6 Å². The number of aryl methyl sites for hydroxylation is 1. The van der Waals surface area contributed by atoms with Crippen LogP contribution in [-0.2, 0) is 4.74 Å². The van der Waals surface area contributed by atoms with Gasteiger partial charge >= 0.3 is 5.97 Å². The van der Waals surface area contributed by atoms with Gasteiger partial charge in [0.05, 0.1) is 12.3 Å². The Labute approximate surface area is 149 Å². The monoisotopic (exact) mass is 356 g/mol. The SMILES string of the molecule is CCOC(=O)c1cnc2c(F)cc(F)cc2c1Nc1cccc(C)c1C. The zero-order chi connectivity index (χ0) is 18.8. The van der Waals surface area contributed by atoms with Crippen LogP contribution in [0.1, 0.15) is 28.4 Å². The van der Waals surface area contributed by atoms with E-state index in [4.69, 9.17) is 4.74 Å². The van der Waals surface area contributed by atoms with Crippen molar-refractivity contribution in [2.45, 2.75) is 20.8 Å². The number of hydrogen-bond donors (Lipinski definition) is 1. The van der Waals surface area contributed by atoms with E-state index in [1.165, 1.54) is 6.20 Å². The number of ether oxygens (including phenoxy) is 1. The molecule has 0 bridgehead atoms. The predicted octanol–water partition coefficient (Wildman–Crippen LogP) is 5.05. The highest BCUT2D eigenvalue weighted by Gasteiger charge is 2.20. The van der Waals surface area contributed by atoms with Crippen LogP contribution in [0.2, 0.25) is 0 Å². The summed E-state index contributed by atoms with van der Waals surface area (Å²) in [6.45, 7) is 5.74. The van der Waals surface area contributed by atoms with Crippen molar-refractivity contribution >= 4 is 28.2 Å². The van der Waals surface area contributed by atoms with E-state index in [0.29, 0.717) is 0 Å². The minimum Gasteiger partial charge on any atom is -0.462 e. The van der Waals surface area contributed by atoms with Gasteiger partial charge in [-0.3, -0.25) is 4.98 Å². The average molecular weight is 356 g/mol. The van der Waals surface area contributed by atoms with Crippen LogP contribution in [0.5, 0.6) is 0 Å². The molecule has 0 unspecified atom stereocenters. The first kappa shape index (κ1) is 17.8. The van der Waals surface area contributed by atoms with Crippen molar-refractivity contribution in [2.75, 3.05) is 11.9 Å². The Kier molecular flexibility index (Phi) is 4.84. The number of fused-ring (bicyclic) bond motifs is 1. The molecule has 1 heterocycles. The van der Waals surface area contributed by atoms with Gasteiger partial charge < -0.3 is 10.1 Å². The van der Waals surface area contributed by atoms with Gasteiger partial charge in [-0.1, -0.05) is 12.1 Å². The summed E-state index contributed by atoms with van der Waals surface area (Å²) < 4.78 is 33.0. The third-order valence-electron chi connectivity index (χ3n) is 4.25. The van der Waals surface area contributed by atoms with Crippen LogP contribution in [0.25, 0.3) is 10.9 Å². The lowest BCUT2D eigenvalue weighted by molar-refractivity contribution is 0.0527. The second-order valence-electron chi connectivity index (χ2n) is 5.92. The van der Waals surface area contributed by atoms with Crippen LogP contribution in [0.3, 0.4) is 0 Å². The first-order valence-electron chi connectivity index (χ1n) is 8.20. The van der Waals surface area contributed by atoms with E-state index in [2.05, 4.69) is 10.3 Å². The number of halogens is 2. The molecular weight excluding hydrogens is 338 g/mol. The number of nitrogens with one attached hydrogen (secondary N) is 1. The lowest BCUT2D eigenvalue weighted by Crippen LogP contribution is -2.10. The number of anilines is 2. The van der Waals surface area contributed by atoms with E-state index in [1.54, 1.807) is 6.92 Å². The Hall–Kier alpha value is -3.02. The summed E-state index contributed by atoms with van der Waals surface area (Å²) in [5.74, 6) is -2.15. The molecule has 1 N–H and O–H groups in total. The smallest absolute Gasteiger partial charge is 0.341 e.